The van der Waals surface area contributed by atoms with Crippen LogP contribution in [0.15, 0.2) is 91.0 Å². The Morgan fingerprint density at radius 3 is 1.52 bits per heavy atom. The number of hydrogen-bond acceptors (Lipinski definition) is 4. The number of rotatable bonds is 12. The first-order valence-corrected chi connectivity index (χ1v) is 19.0. The van der Waals surface area contributed by atoms with Gasteiger partial charge in [0.15, 0.2) is 19.7 Å². The van der Waals surface area contributed by atoms with Gasteiger partial charge in [-0.05, 0) is 46.0 Å². The first-order chi connectivity index (χ1) is 18.6. The lowest BCUT2D eigenvalue weighted by molar-refractivity contribution is -0.144. The molecule has 0 aliphatic rings. The second-order valence-corrected chi connectivity index (χ2v) is 22.4. The molecule has 0 amide bonds. The number of carbonyl (C=O) groups excluding carboxylic acids is 1. The molecule has 0 fully saturated rings. The van der Waals surface area contributed by atoms with Crippen molar-refractivity contribution in [1.29, 1.82) is 0 Å². The molecule has 40 heavy (non-hydrogen) atoms. The van der Waals surface area contributed by atoms with Crippen molar-refractivity contribution in [3.05, 3.63) is 96.6 Å². The molecule has 3 rings (SSSR count). The van der Waals surface area contributed by atoms with Crippen LogP contribution in [0.3, 0.4) is 0 Å². The molecule has 0 bridgehead atoms. The average Bonchev–Trinajstić information content (AvgIpc) is 2.89. The summed E-state index contributed by atoms with van der Waals surface area (Å²) in [7, 11) is -5.30. The minimum absolute atomic E-state index is 0.0664. The highest BCUT2D eigenvalue weighted by atomic mass is 28.4. The third-order valence-electron chi connectivity index (χ3n) is 8.28. The molecule has 0 radical (unpaired) electrons. The van der Waals surface area contributed by atoms with Gasteiger partial charge in [0.2, 0.25) is 0 Å². The van der Waals surface area contributed by atoms with Crippen molar-refractivity contribution in [2.24, 2.45) is 0 Å². The number of ketones is 1. The molecule has 3 aromatic carbocycles. The molecule has 0 aliphatic carbocycles. The molecule has 1 unspecified atom stereocenters. The minimum atomic E-state index is -2.90. The van der Waals surface area contributed by atoms with Gasteiger partial charge < -0.3 is 13.6 Å². The van der Waals surface area contributed by atoms with E-state index < -0.39 is 22.2 Å². The van der Waals surface area contributed by atoms with E-state index in [1.165, 1.54) is 10.4 Å². The maximum atomic E-state index is 13.7. The highest BCUT2D eigenvalue weighted by Gasteiger charge is 2.54. The van der Waals surface area contributed by atoms with Crippen LogP contribution >= 0.6 is 0 Å². The highest BCUT2D eigenvalue weighted by Crippen LogP contribution is 2.41. The molecule has 0 saturated heterocycles. The standard InChI is InChI=1S/C34H48O4Si2/c1-28(35)34(38-39(8,9)32(2,3)4,26-36-25-29-19-13-10-14-20-29)27-37-40(33(5,6)7,30-21-15-11-16-22-30)31-23-17-12-18-24-31/h10-24H,25-27H2,1-9H3. The molecule has 6 heteroatoms. The summed E-state index contributed by atoms with van der Waals surface area (Å²) in [6, 6.07) is 31.1. The third kappa shape index (κ3) is 7.10. The quantitative estimate of drug-likeness (QED) is 0.215. The summed E-state index contributed by atoms with van der Waals surface area (Å²) >= 11 is 0. The number of ether oxygens (including phenoxy) is 1. The lowest BCUT2D eigenvalue weighted by atomic mass is 10.0. The molecule has 0 aromatic heterocycles. The van der Waals surface area contributed by atoms with Crippen LogP contribution in [0.25, 0.3) is 0 Å². The Kier molecular flexibility index (Phi) is 10.2. The molecular weight excluding hydrogens is 529 g/mol. The minimum Gasteiger partial charge on any atom is -0.404 e. The molecule has 0 heterocycles. The smallest absolute Gasteiger partial charge is 0.261 e. The van der Waals surface area contributed by atoms with Gasteiger partial charge in [-0.1, -0.05) is 133 Å². The molecule has 0 spiro atoms. The Morgan fingerprint density at radius 2 is 1.12 bits per heavy atom. The van der Waals surface area contributed by atoms with Crippen molar-refractivity contribution < 1.29 is 18.4 Å². The summed E-state index contributed by atoms with van der Waals surface area (Å²) in [5.41, 5.74) is -0.176. The number of benzene rings is 3. The first kappa shape index (κ1) is 32.2. The monoisotopic (exact) mass is 576 g/mol. The SMILES string of the molecule is CC(=O)C(COCc1ccccc1)(CO[Si](c1ccccc1)(c1ccccc1)C(C)(C)C)O[Si](C)(C)C(C)(C)C. The maximum absolute atomic E-state index is 13.7. The largest absolute Gasteiger partial charge is 0.404 e. The van der Waals surface area contributed by atoms with Crippen LogP contribution in [-0.4, -0.2) is 41.2 Å². The van der Waals surface area contributed by atoms with Gasteiger partial charge in [-0.25, -0.2) is 0 Å². The Hall–Kier alpha value is -2.36. The fourth-order valence-corrected chi connectivity index (χ4v) is 11.1. The summed E-state index contributed by atoms with van der Waals surface area (Å²) in [4.78, 5) is 13.7. The number of hydrogen-bond donors (Lipinski definition) is 0. The van der Waals surface area contributed by atoms with E-state index >= 15 is 0 Å². The number of Topliss-reactive ketones (excluding diaryl/α,β-unsaturated/α-hetero) is 1. The van der Waals surface area contributed by atoms with Gasteiger partial charge in [0.1, 0.15) is 0 Å². The van der Waals surface area contributed by atoms with Gasteiger partial charge in [0.05, 0.1) is 19.8 Å². The van der Waals surface area contributed by atoms with Crippen LogP contribution in [0.4, 0.5) is 0 Å². The fraction of sp³-hybridized carbons (Fsp3) is 0.441. The summed E-state index contributed by atoms with van der Waals surface area (Å²) < 4.78 is 20.6. The van der Waals surface area contributed by atoms with E-state index in [1.807, 2.05) is 42.5 Å². The molecule has 1 atom stereocenters. The van der Waals surface area contributed by atoms with Gasteiger partial charge in [0.25, 0.3) is 8.32 Å². The zero-order valence-corrected chi connectivity index (χ0v) is 27.9. The van der Waals surface area contributed by atoms with Crippen molar-refractivity contribution in [3.63, 3.8) is 0 Å². The van der Waals surface area contributed by atoms with Crippen LogP contribution < -0.4 is 10.4 Å². The molecule has 4 nitrogen and oxygen atoms in total. The zero-order valence-electron chi connectivity index (χ0n) is 25.9. The predicted octanol–water partition coefficient (Wildman–Crippen LogP) is 7.13. The van der Waals surface area contributed by atoms with Gasteiger partial charge >= 0.3 is 0 Å². The predicted molar refractivity (Wildman–Crippen MR) is 171 cm³/mol. The fourth-order valence-electron chi connectivity index (χ4n) is 4.91. The lowest BCUT2D eigenvalue weighted by Gasteiger charge is -2.48. The van der Waals surface area contributed by atoms with Crippen LogP contribution in [-0.2, 0) is 25.0 Å². The summed E-state index contributed by atoms with van der Waals surface area (Å²) in [6.45, 7) is 19.9. The van der Waals surface area contributed by atoms with E-state index in [0.717, 1.165) is 5.56 Å². The highest BCUT2D eigenvalue weighted by molar-refractivity contribution is 6.99. The maximum Gasteiger partial charge on any atom is 0.261 e. The molecule has 216 valence electrons. The van der Waals surface area contributed by atoms with Gasteiger partial charge in [0, 0.05) is 0 Å². The second-order valence-electron chi connectivity index (χ2n) is 13.3. The van der Waals surface area contributed by atoms with E-state index in [0.29, 0.717) is 6.61 Å². The van der Waals surface area contributed by atoms with Gasteiger partial charge in [-0.3, -0.25) is 4.79 Å². The van der Waals surface area contributed by atoms with Crippen LogP contribution in [0.2, 0.25) is 23.2 Å². The van der Waals surface area contributed by atoms with Crippen molar-refractivity contribution in [1.82, 2.24) is 0 Å². The van der Waals surface area contributed by atoms with Gasteiger partial charge in [-0.15, -0.1) is 0 Å². The molecule has 0 saturated carbocycles. The summed E-state index contributed by atoms with van der Waals surface area (Å²) in [5.74, 6) is -0.0664. The Labute approximate surface area is 244 Å². The van der Waals surface area contributed by atoms with E-state index in [9.17, 15) is 4.79 Å². The normalized spacial score (nSPS) is 14.5. The van der Waals surface area contributed by atoms with Gasteiger partial charge in [-0.2, -0.15) is 0 Å². The van der Waals surface area contributed by atoms with E-state index in [4.69, 9.17) is 13.6 Å². The lowest BCUT2D eigenvalue weighted by Crippen LogP contribution is -2.69. The molecular formula is C34H48O4Si2. The van der Waals surface area contributed by atoms with Crippen LogP contribution in [0, 0.1) is 0 Å². The summed E-state index contributed by atoms with van der Waals surface area (Å²) in [6.07, 6.45) is 0. The van der Waals surface area contributed by atoms with Crippen molar-refractivity contribution in [3.8, 4) is 0 Å². The average molecular weight is 577 g/mol. The van der Waals surface area contributed by atoms with Crippen molar-refractivity contribution in [2.45, 2.75) is 83.8 Å². The van der Waals surface area contributed by atoms with Crippen LogP contribution in [0.1, 0.15) is 54.0 Å². The third-order valence-corrected chi connectivity index (χ3v) is 17.8. The topological polar surface area (TPSA) is 44.8 Å². The molecule has 0 aliphatic heterocycles. The number of carbonyl (C=O) groups is 1. The van der Waals surface area contributed by atoms with E-state index in [-0.39, 0.29) is 29.1 Å². The first-order valence-electron chi connectivity index (χ1n) is 14.2. The van der Waals surface area contributed by atoms with E-state index in [1.54, 1.807) is 6.92 Å². The molecule has 0 N–H and O–H groups in total. The Bertz CT molecular complexity index is 1180. The van der Waals surface area contributed by atoms with Crippen molar-refractivity contribution >= 4 is 32.8 Å². The van der Waals surface area contributed by atoms with Crippen LogP contribution in [0.5, 0.6) is 0 Å². The zero-order chi connectivity index (χ0) is 29.7. The Morgan fingerprint density at radius 1 is 0.675 bits per heavy atom. The van der Waals surface area contributed by atoms with Crippen molar-refractivity contribution in [2.75, 3.05) is 13.2 Å². The second kappa shape index (κ2) is 12.7. The summed E-state index contributed by atoms with van der Waals surface area (Å²) in [5, 5.41) is 2.03. The molecule has 3 aromatic rings. The van der Waals surface area contributed by atoms with E-state index in [2.05, 4.69) is 103 Å². The Balaban J connectivity index is 2.11.